The minimum atomic E-state index is -0.285. The Labute approximate surface area is 188 Å². The van der Waals surface area contributed by atoms with Crippen LogP contribution in [0.25, 0.3) is 0 Å². The third-order valence-electron chi connectivity index (χ3n) is 7.59. The smallest absolute Gasteiger partial charge is 0.410 e. The van der Waals surface area contributed by atoms with Gasteiger partial charge >= 0.3 is 6.09 Å². The van der Waals surface area contributed by atoms with Gasteiger partial charge in [-0.1, -0.05) is 42.5 Å². The molecule has 1 aliphatic heterocycles. The Morgan fingerprint density at radius 2 is 1.53 bits per heavy atom. The van der Waals surface area contributed by atoms with Gasteiger partial charge in [-0.3, -0.25) is 14.5 Å². The summed E-state index contributed by atoms with van der Waals surface area (Å²) in [5.74, 6) is -0.308. The molecule has 1 heterocycles. The molecule has 0 bridgehead atoms. The second-order valence-electron chi connectivity index (χ2n) is 9.40. The maximum Gasteiger partial charge on any atom is 0.410 e. The van der Waals surface area contributed by atoms with Crippen LogP contribution >= 0.6 is 0 Å². The van der Waals surface area contributed by atoms with E-state index in [9.17, 15) is 14.4 Å². The Balaban J connectivity index is 1.21. The summed E-state index contributed by atoms with van der Waals surface area (Å²) in [5, 5.41) is 0. The first-order valence-electron chi connectivity index (χ1n) is 11.4. The minimum Gasteiger partial charge on any atom is -0.453 e. The number of hydrogen-bond acceptors (Lipinski definition) is 4. The summed E-state index contributed by atoms with van der Waals surface area (Å²) in [6, 6.07) is 17.2. The number of benzene rings is 2. The Morgan fingerprint density at radius 1 is 0.969 bits per heavy atom. The summed E-state index contributed by atoms with van der Waals surface area (Å²) < 4.78 is 5.07. The lowest BCUT2D eigenvalue weighted by Crippen LogP contribution is -2.55. The van der Waals surface area contributed by atoms with Gasteiger partial charge in [0.25, 0.3) is 11.8 Å². The zero-order valence-corrected chi connectivity index (χ0v) is 18.3. The molecule has 3 aliphatic rings. The van der Waals surface area contributed by atoms with Crippen LogP contribution in [-0.4, -0.2) is 46.9 Å². The Morgan fingerprint density at radius 3 is 2.09 bits per heavy atom. The monoisotopic (exact) mass is 432 g/mol. The molecule has 6 nitrogen and oxygen atoms in total. The van der Waals surface area contributed by atoms with Crippen molar-refractivity contribution < 1.29 is 19.1 Å². The number of hydrogen-bond donors (Lipinski definition) is 0. The zero-order valence-electron chi connectivity index (χ0n) is 18.3. The summed E-state index contributed by atoms with van der Waals surface area (Å²) in [4.78, 5) is 41.4. The average Bonchev–Trinajstić information content (AvgIpc) is 3.06. The molecule has 2 fully saturated rings. The SMILES string of the molecule is COC(=O)N(Cc1ccccc1)C1CCC2(CC1)CC(N1C(=O)c3ccccc3C1=O)C2. The van der Waals surface area contributed by atoms with Gasteiger partial charge in [0.05, 0.1) is 18.2 Å². The van der Waals surface area contributed by atoms with E-state index in [0.717, 1.165) is 44.1 Å². The molecular weight excluding hydrogens is 404 g/mol. The molecule has 3 amide bonds. The number of fused-ring (bicyclic) bond motifs is 1. The third-order valence-corrected chi connectivity index (χ3v) is 7.59. The number of rotatable bonds is 4. The summed E-state index contributed by atoms with van der Waals surface area (Å²) in [7, 11) is 1.43. The number of imide groups is 1. The first kappa shape index (κ1) is 20.7. The largest absolute Gasteiger partial charge is 0.453 e. The van der Waals surface area contributed by atoms with Crippen molar-refractivity contribution in [2.24, 2.45) is 5.41 Å². The molecular formula is C26H28N2O4. The fraction of sp³-hybridized carbons (Fsp3) is 0.423. The zero-order chi connectivity index (χ0) is 22.3. The summed E-state index contributed by atoms with van der Waals surface area (Å²) in [6.45, 7) is 0.544. The van der Waals surface area contributed by atoms with Crippen molar-refractivity contribution in [3.05, 3.63) is 71.3 Å². The first-order chi connectivity index (χ1) is 15.5. The standard InChI is InChI=1S/C26H28N2O4/c1-32-25(31)27(17-18-7-3-2-4-8-18)19-11-13-26(14-12-19)15-20(16-26)28-23(29)21-9-5-6-10-22(21)24(28)30/h2-10,19-20H,11-17H2,1H3. The number of nitrogens with zero attached hydrogens (tertiary/aromatic N) is 2. The van der Waals surface area contributed by atoms with Crippen LogP contribution in [0.2, 0.25) is 0 Å². The highest BCUT2D eigenvalue weighted by Crippen LogP contribution is 2.54. The molecule has 0 atom stereocenters. The van der Waals surface area contributed by atoms with Crippen LogP contribution in [0.1, 0.15) is 64.8 Å². The molecule has 0 radical (unpaired) electrons. The van der Waals surface area contributed by atoms with E-state index in [2.05, 4.69) is 0 Å². The number of ether oxygens (including phenoxy) is 1. The molecule has 0 saturated heterocycles. The molecule has 2 saturated carbocycles. The molecule has 32 heavy (non-hydrogen) atoms. The van der Waals surface area contributed by atoms with Crippen LogP contribution in [0.5, 0.6) is 0 Å². The van der Waals surface area contributed by atoms with Crippen molar-refractivity contribution in [3.8, 4) is 0 Å². The van der Waals surface area contributed by atoms with Crippen molar-refractivity contribution in [1.29, 1.82) is 0 Å². The average molecular weight is 433 g/mol. The molecule has 5 rings (SSSR count). The van der Waals surface area contributed by atoms with E-state index in [1.54, 1.807) is 24.3 Å². The maximum atomic E-state index is 12.8. The number of amides is 3. The number of methoxy groups -OCH3 is 1. The molecule has 166 valence electrons. The lowest BCUT2D eigenvalue weighted by molar-refractivity contribution is -0.0260. The molecule has 1 spiro atoms. The van der Waals surface area contributed by atoms with Crippen LogP contribution in [0.4, 0.5) is 4.79 Å². The highest BCUT2D eigenvalue weighted by molar-refractivity contribution is 6.21. The first-order valence-corrected chi connectivity index (χ1v) is 11.4. The number of carbonyl (C=O) groups is 3. The van der Waals surface area contributed by atoms with Crippen LogP contribution < -0.4 is 0 Å². The molecule has 2 aromatic carbocycles. The fourth-order valence-corrected chi connectivity index (χ4v) is 5.84. The molecule has 0 unspecified atom stereocenters. The van der Waals surface area contributed by atoms with Gasteiger partial charge in [0, 0.05) is 18.6 Å². The van der Waals surface area contributed by atoms with E-state index < -0.39 is 0 Å². The van der Waals surface area contributed by atoms with E-state index in [1.165, 1.54) is 12.0 Å². The van der Waals surface area contributed by atoms with Gasteiger partial charge in [0.1, 0.15) is 0 Å². The highest BCUT2D eigenvalue weighted by atomic mass is 16.5. The van der Waals surface area contributed by atoms with Gasteiger partial charge in [-0.25, -0.2) is 4.79 Å². The van der Waals surface area contributed by atoms with E-state index in [-0.39, 0.29) is 35.4 Å². The van der Waals surface area contributed by atoms with Gasteiger partial charge in [0.2, 0.25) is 0 Å². The van der Waals surface area contributed by atoms with Gasteiger partial charge < -0.3 is 9.64 Å². The maximum absolute atomic E-state index is 12.8. The lowest BCUT2D eigenvalue weighted by Gasteiger charge is -2.54. The molecule has 2 aromatic rings. The fourth-order valence-electron chi connectivity index (χ4n) is 5.84. The Hall–Kier alpha value is -3.15. The lowest BCUT2D eigenvalue weighted by atomic mass is 9.57. The van der Waals surface area contributed by atoms with Crippen molar-refractivity contribution in [1.82, 2.24) is 9.80 Å². The van der Waals surface area contributed by atoms with E-state index in [4.69, 9.17) is 4.74 Å². The van der Waals surface area contributed by atoms with Crippen LogP contribution in [0, 0.1) is 5.41 Å². The van der Waals surface area contributed by atoms with E-state index >= 15 is 0 Å². The Kier molecular flexibility index (Phi) is 5.24. The van der Waals surface area contributed by atoms with E-state index in [0.29, 0.717) is 17.7 Å². The van der Waals surface area contributed by atoms with Gasteiger partial charge in [-0.05, 0) is 61.6 Å². The molecule has 0 aromatic heterocycles. The number of carbonyl (C=O) groups excluding carboxylic acids is 3. The van der Waals surface area contributed by atoms with Gasteiger partial charge in [-0.2, -0.15) is 0 Å². The summed E-state index contributed by atoms with van der Waals surface area (Å²) in [5.41, 5.74) is 2.31. The van der Waals surface area contributed by atoms with E-state index in [1.807, 2.05) is 35.2 Å². The normalized spacial score (nSPS) is 26.6. The van der Waals surface area contributed by atoms with Crippen LogP contribution in [-0.2, 0) is 11.3 Å². The molecule has 6 heteroatoms. The van der Waals surface area contributed by atoms with Crippen LogP contribution in [0.3, 0.4) is 0 Å². The molecule has 0 N–H and O–H groups in total. The predicted molar refractivity (Wildman–Crippen MR) is 119 cm³/mol. The van der Waals surface area contributed by atoms with Crippen LogP contribution in [0.15, 0.2) is 54.6 Å². The van der Waals surface area contributed by atoms with Crippen molar-refractivity contribution in [2.75, 3.05) is 7.11 Å². The second-order valence-corrected chi connectivity index (χ2v) is 9.40. The van der Waals surface area contributed by atoms with Crippen molar-refractivity contribution in [2.45, 2.75) is 57.2 Å². The summed E-state index contributed by atoms with van der Waals surface area (Å²) >= 11 is 0. The second kappa shape index (κ2) is 8.08. The Bertz CT molecular complexity index is 1000. The minimum absolute atomic E-state index is 0.0139. The topological polar surface area (TPSA) is 66.9 Å². The highest BCUT2D eigenvalue weighted by Gasteiger charge is 2.53. The molecule has 2 aliphatic carbocycles. The van der Waals surface area contributed by atoms with Crippen molar-refractivity contribution >= 4 is 17.9 Å². The van der Waals surface area contributed by atoms with Crippen molar-refractivity contribution in [3.63, 3.8) is 0 Å². The predicted octanol–water partition coefficient (Wildman–Crippen LogP) is 4.64. The third kappa shape index (κ3) is 3.48. The van der Waals surface area contributed by atoms with Gasteiger partial charge in [-0.15, -0.1) is 0 Å². The van der Waals surface area contributed by atoms with Gasteiger partial charge in [0.15, 0.2) is 0 Å². The summed E-state index contributed by atoms with van der Waals surface area (Å²) in [6.07, 6.45) is 5.27. The quantitative estimate of drug-likeness (QED) is 0.660.